The van der Waals surface area contributed by atoms with E-state index < -0.39 is 11.5 Å². The van der Waals surface area contributed by atoms with E-state index in [4.69, 9.17) is 21.1 Å². The Balaban J connectivity index is 1.26. The van der Waals surface area contributed by atoms with Gasteiger partial charge >= 0.3 is 5.97 Å². The predicted octanol–water partition coefficient (Wildman–Crippen LogP) is 6.48. The molecule has 5 nitrogen and oxygen atoms in total. The first kappa shape index (κ1) is 27.4. The molecular formula is C33H29ClFNO4. The first-order valence-corrected chi connectivity index (χ1v) is 13.5. The zero-order valence-electron chi connectivity index (χ0n) is 22.1. The Labute approximate surface area is 237 Å². The fourth-order valence-corrected chi connectivity index (χ4v) is 5.15. The number of hydrogen-bond donors (Lipinski definition) is 1. The Hall–Kier alpha value is -4.16. The van der Waals surface area contributed by atoms with Crippen molar-refractivity contribution in [2.45, 2.75) is 38.3 Å². The largest absolute Gasteiger partial charge is 0.489 e. The minimum atomic E-state index is -1.17. The van der Waals surface area contributed by atoms with E-state index >= 15 is 0 Å². The molecule has 0 fully saturated rings. The maximum atomic E-state index is 13.8. The first-order valence-electron chi connectivity index (χ1n) is 13.2. The summed E-state index contributed by atoms with van der Waals surface area (Å²) in [6, 6.07) is 27.2. The zero-order valence-corrected chi connectivity index (χ0v) is 22.8. The molecule has 0 aromatic heterocycles. The van der Waals surface area contributed by atoms with Crippen molar-refractivity contribution >= 4 is 23.5 Å². The third kappa shape index (κ3) is 6.18. The van der Waals surface area contributed by atoms with E-state index in [1.165, 1.54) is 6.07 Å². The Morgan fingerprint density at radius 3 is 2.33 bits per heavy atom. The summed E-state index contributed by atoms with van der Waals surface area (Å²) in [6.45, 7) is 2.08. The molecule has 7 heteroatoms. The molecule has 204 valence electrons. The molecule has 0 saturated heterocycles. The van der Waals surface area contributed by atoms with Crippen LogP contribution in [-0.4, -0.2) is 24.0 Å². The van der Waals surface area contributed by atoms with Crippen molar-refractivity contribution in [3.8, 4) is 16.9 Å². The maximum Gasteiger partial charge on any atom is 0.332 e. The zero-order chi connectivity index (χ0) is 28.1. The average Bonchev–Trinajstić information content (AvgIpc) is 3.32. The molecule has 4 aromatic rings. The quantitative estimate of drug-likeness (QED) is 0.239. The number of rotatable bonds is 9. The van der Waals surface area contributed by atoms with Gasteiger partial charge in [0.25, 0.3) is 0 Å². The van der Waals surface area contributed by atoms with Gasteiger partial charge < -0.3 is 14.8 Å². The van der Waals surface area contributed by atoms with E-state index in [-0.39, 0.29) is 31.4 Å². The lowest BCUT2D eigenvalue weighted by Gasteiger charge is -2.28. The standard InChI is InChI=1S/C33H29ClFNO4/c1-2-39-32(38)33(19-25-10-9-24(18-27(25)20-33)23-11-13-28(34)14-12-23)36-31(37)17-22-7-15-29(16-8-22)40-21-26-5-3-4-6-30(26)35/h3-16,18H,2,17,19-21H2,1H3,(H,36,37). The summed E-state index contributed by atoms with van der Waals surface area (Å²) in [7, 11) is 0. The van der Waals surface area contributed by atoms with Gasteiger partial charge in [0, 0.05) is 23.4 Å². The molecular weight excluding hydrogens is 529 g/mol. The molecule has 0 spiro atoms. The van der Waals surface area contributed by atoms with Gasteiger partial charge in [-0.15, -0.1) is 0 Å². The number of carbonyl (C=O) groups excluding carboxylic acids is 2. The maximum absolute atomic E-state index is 13.8. The molecule has 1 atom stereocenters. The lowest BCUT2D eigenvalue weighted by Crippen LogP contribution is -2.56. The highest BCUT2D eigenvalue weighted by Crippen LogP contribution is 2.35. The van der Waals surface area contributed by atoms with Gasteiger partial charge in [-0.1, -0.05) is 72.3 Å². The number of halogens is 2. The predicted molar refractivity (Wildman–Crippen MR) is 153 cm³/mol. The van der Waals surface area contributed by atoms with E-state index in [0.717, 1.165) is 27.8 Å². The molecule has 1 aliphatic rings. The van der Waals surface area contributed by atoms with Gasteiger partial charge in [-0.2, -0.15) is 0 Å². The fraction of sp³-hybridized carbons (Fsp3) is 0.212. The molecule has 40 heavy (non-hydrogen) atoms. The summed E-state index contributed by atoms with van der Waals surface area (Å²) in [6.07, 6.45) is 0.787. The Bertz CT molecular complexity index is 1520. The third-order valence-corrected chi connectivity index (χ3v) is 7.31. The third-order valence-electron chi connectivity index (χ3n) is 7.05. The van der Waals surface area contributed by atoms with Crippen LogP contribution in [0.2, 0.25) is 5.02 Å². The summed E-state index contributed by atoms with van der Waals surface area (Å²) in [4.78, 5) is 26.4. The number of amides is 1. The number of fused-ring (bicyclic) bond motifs is 1. The molecule has 1 aliphatic carbocycles. The topological polar surface area (TPSA) is 64.6 Å². The van der Waals surface area contributed by atoms with E-state index in [0.29, 0.717) is 29.2 Å². The molecule has 0 aliphatic heterocycles. The van der Waals surface area contributed by atoms with Crippen LogP contribution < -0.4 is 10.1 Å². The highest BCUT2D eigenvalue weighted by molar-refractivity contribution is 6.30. The fourth-order valence-electron chi connectivity index (χ4n) is 5.03. The first-order chi connectivity index (χ1) is 19.3. The Morgan fingerprint density at radius 1 is 0.900 bits per heavy atom. The van der Waals surface area contributed by atoms with Crippen LogP contribution in [0.15, 0.2) is 91.0 Å². The van der Waals surface area contributed by atoms with Crippen molar-refractivity contribution in [1.29, 1.82) is 0 Å². The van der Waals surface area contributed by atoms with Crippen molar-refractivity contribution in [1.82, 2.24) is 5.32 Å². The van der Waals surface area contributed by atoms with Crippen LogP contribution in [0.1, 0.15) is 29.2 Å². The summed E-state index contributed by atoms with van der Waals surface area (Å²) >= 11 is 6.04. The number of hydrogen-bond acceptors (Lipinski definition) is 4. The van der Waals surface area contributed by atoms with Crippen molar-refractivity contribution in [2.75, 3.05) is 6.61 Å². The average molecular weight is 558 g/mol. The summed E-state index contributed by atoms with van der Waals surface area (Å²) in [5.41, 5.74) is 4.09. The van der Waals surface area contributed by atoms with Crippen LogP contribution >= 0.6 is 11.6 Å². The highest BCUT2D eigenvalue weighted by atomic mass is 35.5. The van der Waals surface area contributed by atoms with Gasteiger partial charge in [0.2, 0.25) is 5.91 Å². The van der Waals surface area contributed by atoms with Gasteiger partial charge in [0.15, 0.2) is 0 Å². The molecule has 0 radical (unpaired) electrons. The van der Waals surface area contributed by atoms with E-state index in [1.807, 2.05) is 36.4 Å². The van der Waals surface area contributed by atoms with E-state index in [9.17, 15) is 14.0 Å². The Kier molecular flexibility index (Phi) is 8.17. The lowest BCUT2D eigenvalue weighted by molar-refractivity contribution is -0.153. The molecule has 0 heterocycles. The van der Waals surface area contributed by atoms with Crippen molar-refractivity contribution in [2.24, 2.45) is 0 Å². The molecule has 0 bridgehead atoms. The van der Waals surface area contributed by atoms with Gasteiger partial charge in [0.1, 0.15) is 23.7 Å². The van der Waals surface area contributed by atoms with Crippen molar-refractivity contribution < 1.29 is 23.5 Å². The van der Waals surface area contributed by atoms with Crippen LogP contribution in [0.25, 0.3) is 11.1 Å². The molecule has 5 rings (SSSR count). The van der Waals surface area contributed by atoms with Crippen LogP contribution in [0.5, 0.6) is 5.75 Å². The molecule has 4 aromatic carbocycles. The van der Waals surface area contributed by atoms with Gasteiger partial charge in [-0.05, 0) is 65.1 Å². The number of ether oxygens (including phenoxy) is 2. The molecule has 1 N–H and O–H groups in total. The van der Waals surface area contributed by atoms with Gasteiger partial charge in [-0.25, -0.2) is 9.18 Å². The van der Waals surface area contributed by atoms with E-state index in [1.54, 1.807) is 49.4 Å². The number of nitrogens with one attached hydrogen (secondary N) is 1. The summed E-state index contributed by atoms with van der Waals surface area (Å²) in [5.74, 6) is -0.469. The number of carbonyl (C=O) groups is 2. The van der Waals surface area contributed by atoms with Crippen LogP contribution in [0.4, 0.5) is 4.39 Å². The van der Waals surface area contributed by atoms with Crippen LogP contribution in [0, 0.1) is 5.82 Å². The second kappa shape index (κ2) is 11.9. The van der Waals surface area contributed by atoms with Crippen molar-refractivity contribution in [3.05, 3.63) is 124 Å². The summed E-state index contributed by atoms with van der Waals surface area (Å²) in [5, 5.41) is 3.67. The molecule has 0 saturated carbocycles. The monoisotopic (exact) mass is 557 g/mol. The van der Waals surface area contributed by atoms with Gasteiger partial charge in [0.05, 0.1) is 13.0 Å². The number of benzene rings is 4. The summed E-state index contributed by atoms with van der Waals surface area (Å²) < 4.78 is 24.9. The molecule has 1 unspecified atom stereocenters. The van der Waals surface area contributed by atoms with Crippen molar-refractivity contribution in [3.63, 3.8) is 0 Å². The minimum absolute atomic E-state index is 0.0844. The van der Waals surface area contributed by atoms with Gasteiger partial charge in [-0.3, -0.25) is 4.79 Å². The lowest BCUT2D eigenvalue weighted by atomic mass is 9.95. The van der Waals surface area contributed by atoms with Crippen LogP contribution in [0.3, 0.4) is 0 Å². The second-order valence-corrected chi connectivity index (χ2v) is 10.3. The normalized spacial score (nSPS) is 15.8. The SMILES string of the molecule is CCOC(=O)C1(NC(=O)Cc2ccc(OCc3ccccc3F)cc2)Cc2ccc(-c3ccc(Cl)cc3)cc2C1. The molecule has 1 amide bonds. The minimum Gasteiger partial charge on any atom is -0.489 e. The van der Waals surface area contributed by atoms with E-state index in [2.05, 4.69) is 11.4 Å². The van der Waals surface area contributed by atoms with Crippen LogP contribution in [-0.2, 0) is 40.2 Å². The number of esters is 1. The second-order valence-electron chi connectivity index (χ2n) is 9.90. The Morgan fingerprint density at radius 2 is 1.60 bits per heavy atom. The smallest absolute Gasteiger partial charge is 0.332 e. The highest BCUT2D eigenvalue weighted by Gasteiger charge is 2.46.